The van der Waals surface area contributed by atoms with Crippen molar-refractivity contribution in [1.82, 2.24) is 9.38 Å². The van der Waals surface area contributed by atoms with Gasteiger partial charge in [-0.15, -0.1) is 10.2 Å². The first kappa shape index (κ1) is 16.6. The Balaban J connectivity index is 2.11. The summed E-state index contributed by atoms with van der Waals surface area (Å²) >= 11 is 0. The van der Waals surface area contributed by atoms with Gasteiger partial charge in [0, 0.05) is 5.69 Å². The first-order valence-corrected chi connectivity index (χ1v) is 7.86. The van der Waals surface area contributed by atoms with Gasteiger partial charge in [0.1, 0.15) is 17.1 Å². The molecular weight excluding hydrogens is 320 g/mol. The van der Waals surface area contributed by atoms with E-state index in [1.807, 2.05) is 45.0 Å². The summed E-state index contributed by atoms with van der Waals surface area (Å²) in [6.45, 7) is 5.70. The molecule has 0 bridgehead atoms. The van der Waals surface area contributed by atoms with Crippen LogP contribution in [0, 0.1) is 6.92 Å². The minimum atomic E-state index is -1.15. The number of aromatic nitrogens is 2. The number of azo groups is 1. The van der Waals surface area contributed by atoms with Crippen LogP contribution in [0.2, 0.25) is 0 Å². The van der Waals surface area contributed by atoms with Crippen molar-refractivity contribution in [2.75, 3.05) is 0 Å². The van der Waals surface area contributed by atoms with Gasteiger partial charge in [0.15, 0.2) is 11.5 Å². The molecule has 0 aliphatic heterocycles. The molecular formula is C18H18N4O3. The van der Waals surface area contributed by atoms with Crippen LogP contribution in [0.15, 0.2) is 52.7 Å². The number of hydrogen-bond donors (Lipinski definition) is 1. The number of rotatable bonds is 5. The SMILES string of the molecule is Cc1cccc2nc(C(=O)O)c(N=Nc3ccccc3OC(C)C)n12. The zero-order chi connectivity index (χ0) is 18.0. The van der Waals surface area contributed by atoms with Crippen molar-refractivity contribution in [3.8, 4) is 5.75 Å². The summed E-state index contributed by atoms with van der Waals surface area (Å²) in [6, 6.07) is 12.6. The molecule has 3 aromatic rings. The molecule has 1 aromatic carbocycles. The molecule has 0 amide bonds. The van der Waals surface area contributed by atoms with Crippen molar-refractivity contribution in [2.45, 2.75) is 26.9 Å². The minimum absolute atomic E-state index is 0.0102. The molecule has 0 saturated heterocycles. The molecule has 0 unspecified atom stereocenters. The van der Waals surface area contributed by atoms with Gasteiger partial charge in [-0.3, -0.25) is 4.40 Å². The molecule has 7 heteroatoms. The molecule has 1 N–H and O–H groups in total. The number of aromatic carboxylic acids is 1. The largest absolute Gasteiger partial charge is 0.489 e. The van der Waals surface area contributed by atoms with Crippen LogP contribution < -0.4 is 4.74 Å². The van der Waals surface area contributed by atoms with Crippen molar-refractivity contribution in [3.63, 3.8) is 0 Å². The van der Waals surface area contributed by atoms with Crippen LogP contribution in [0.25, 0.3) is 5.65 Å². The number of hydrogen-bond acceptors (Lipinski definition) is 5. The third kappa shape index (κ3) is 3.35. The van der Waals surface area contributed by atoms with E-state index < -0.39 is 5.97 Å². The Morgan fingerprint density at radius 2 is 1.92 bits per heavy atom. The lowest BCUT2D eigenvalue weighted by Crippen LogP contribution is -2.05. The summed E-state index contributed by atoms with van der Waals surface area (Å²) in [5.74, 6) is -0.382. The quantitative estimate of drug-likeness (QED) is 0.691. The predicted molar refractivity (Wildman–Crippen MR) is 93.3 cm³/mol. The summed E-state index contributed by atoms with van der Waals surface area (Å²) in [5.41, 5.74) is 1.72. The van der Waals surface area contributed by atoms with Crippen LogP contribution in [0.5, 0.6) is 5.75 Å². The standard InChI is InChI=1S/C18H18N4O3/c1-11(2)25-14-9-5-4-8-13(14)20-21-17-16(18(23)24)19-15-10-6-7-12(3)22(15)17/h4-11H,1-3H3,(H,23,24). The van der Waals surface area contributed by atoms with E-state index in [2.05, 4.69) is 15.2 Å². The van der Waals surface area contributed by atoms with Gasteiger partial charge in [-0.05, 0) is 45.0 Å². The first-order valence-electron chi connectivity index (χ1n) is 7.86. The number of benzene rings is 1. The summed E-state index contributed by atoms with van der Waals surface area (Å²) < 4.78 is 7.38. The van der Waals surface area contributed by atoms with Crippen LogP contribution in [0.1, 0.15) is 30.0 Å². The molecule has 7 nitrogen and oxygen atoms in total. The lowest BCUT2D eigenvalue weighted by Gasteiger charge is -2.10. The highest BCUT2D eigenvalue weighted by molar-refractivity contribution is 5.91. The second-order valence-corrected chi connectivity index (χ2v) is 5.78. The highest BCUT2D eigenvalue weighted by Crippen LogP contribution is 2.31. The van der Waals surface area contributed by atoms with E-state index >= 15 is 0 Å². The molecule has 0 aliphatic carbocycles. The molecule has 0 atom stereocenters. The molecule has 128 valence electrons. The Kier molecular flexibility index (Phi) is 4.47. The van der Waals surface area contributed by atoms with Gasteiger partial charge >= 0.3 is 5.97 Å². The number of pyridine rings is 1. The molecule has 3 rings (SSSR count). The first-order chi connectivity index (χ1) is 12.0. The number of carboxylic acids is 1. The number of carbonyl (C=O) groups is 1. The van der Waals surface area contributed by atoms with E-state index in [-0.39, 0.29) is 17.6 Å². The number of nitrogens with zero attached hydrogens (tertiary/aromatic N) is 4. The number of carboxylic acid groups (broad SMARTS) is 1. The van der Waals surface area contributed by atoms with E-state index in [4.69, 9.17) is 4.74 Å². The summed E-state index contributed by atoms with van der Waals surface area (Å²) in [4.78, 5) is 15.7. The fourth-order valence-electron chi connectivity index (χ4n) is 2.47. The van der Waals surface area contributed by atoms with Crippen LogP contribution in [-0.4, -0.2) is 26.6 Å². The third-order valence-electron chi connectivity index (χ3n) is 3.50. The van der Waals surface area contributed by atoms with Crippen molar-refractivity contribution in [2.24, 2.45) is 10.2 Å². The van der Waals surface area contributed by atoms with Crippen molar-refractivity contribution >= 4 is 23.1 Å². The van der Waals surface area contributed by atoms with E-state index in [9.17, 15) is 9.90 Å². The number of aryl methyl sites for hydroxylation is 1. The summed E-state index contributed by atoms with van der Waals surface area (Å²) in [5, 5.41) is 17.8. The van der Waals surface area contributed by atoms with Gasteiger partial charge in [-0.25, -0.2) is 9.78 Å². The molecule has 0 spiro atoms. The second kappa shape index (κ2) is 6.72. The highest BCUT2D eigenvalue weighted by atomic mass is 16.5. The van der Waals surface area contributed by atoms with Crippen LogP contribution in [0.3, 0.4) is 0 Å². The fraction of sp³-hybridized carbons (Fsp3) is 0.222. The Morgan fingerprint density at radius 1 is 1.16 bits per heavy atom. The van der Waals surface area contributed by atoms with E-state index in [0.29, 0.717) is 17.1 Å². The van der Waals surface area contributed by atoms with Gasteiger partial charge in [0.05, 0.1) is 6.10 Å². The number of fused-ring (bicyclic) bond motifs is 1. The average Bonchev–Trinajstić information content (AvgIpc) is 2.94. The topological polar surface area (TPSA) is 88.5 Å². The summed E-state index contributed by atoms with van der Waals surface area (Å²) in [6.07, 6.45) is -0.0102. The highest BCUT2D eigenvalue weighted by Gasteiger charge is 2.19. The average molecular weight is 338 g/mol. The Bertz CT molecular complexity index is 960. The lowest BCUT2D eigenvalue weighted by molar-refractivity contribution is 0.0692. The number of imidazole rings is 1. The fourth-order valence-corrected chi connectivity index (χ4v) is 2.47. The van der Waals surface area contributed by atoms with E-state index in [1.165, 1.54) is 0 Å². The maximum atomic E-state index is 11.5. The smallest absolute Gasteiger partial charge is 0.358 e. The lowest BCUT2D eigenvalue weighted by atomic mass is 10.3. The second-order valence-electron chi connectivity index (χ2n) is 5.78. The maximum absolute atomic E-state index is 11.5. The van der Waals surface area contributed by atoms with Crippen LogP contribution in [-0.2, 0) is 0 Å². The Labute approximate surface area is 144 Å². The van der Waals surface area contributed by atoms with Crippen molar-refractivity contribution in [1.29, 1.82) is 0 Å². The van der Waals surface area contributed by atoms with Crippen molar-refractivity contribution in [3.05, 3.63) is 53.9 Å². The zero-order valence-corrected chi connectivity index (χ0v) is 14.2. The Morgan fingerprint density at radius 3 is 2.64 bits per heavy atom. The van der Waals surface area contributed by atoms with E-state index in [0.717, 1.165) is 5.69 Å². The zero-order valence-electron chi connectivity index (χ0n) is 14.2. The van der Waals surface area contributed by atoms with Gasteiger partial charge in [0.25, 0.3) is 0 Å². The van der Waals surface area contributed by atoms with Crippen LogP contribution in [0.4, 0.5) is 11.5 Å². The van der Waals surface area contributed by atoms with Gasteiger partial charge < -0.3 is 9.84 Å². The monoisotopic (exact) mass is 338 g/mol. The molecule has 0 aliphatic rings. The third-order valence-corrected chi connectivity index (χ3v) is 3.50. The molecule has 2 heterocycles. The maximum Gasteiger partial charge on any atom is 0.358 e. The molecule has 0 fully saturated rings. The number of ether oxygens (including phenoxy) is 1. The normalized spacial score (nSPS) is 11.5. The molecule has 25 heavy (non-hydrogen) atoms. The van der Waals surface area contributed by atoms with E-state index in [1.54, 1.807) is 22.6 Å². The minimum Gasteiger partial charge on any atom is -0.489 e. The molecule has 0 saturated carbocycles. The summed E-state index contributed by atoms with van der Waals surface area (Å²) in [7, 11) is 0. The molecule has 0 radical (unpaired) electrons. The van der Waals surface area contributed by atoms with Crippen LogP contribution >= 0.6 is 0 Å². The van der Waals surface area contributed by atoms with Gasteiger partial charge in [-0.2, -0.15) is 0 Å². The van der Waals surface area contributed by atoms with Gasteiger partial charge in [-0.1, -0.05) is 18.2 Å². The van der Waals surface area contributed by atoms with Crippen molar-refractivity contribution < 1.29 is 14.6 Å². The Hall–Kier alpha value is -3.22. The number of para-hydroxylation sites is 1. The molecule has 2 aromatic heterocycles. The predicted octanol–water partition coefficient (Wildman–Crippen LogP) is 4.54. The van der Waals surface area contributed by atoms with Gasteiger partial charge in [0.2, 0.25) is 0 Å².